The number of nitrogens with two attached hydrogens (primary N) is 1. The Morgan fingerprint density at radius 3 is 2.65 bits per heavy atom. The van der Waals surface area contributed by atoms with Crippen LogP contribution >= 0.6 is 0 Å². The molecule has 0 aliphatic heterocycles. The van der Waals surface area contributed by atoms with Crippen LogP contribution in [0.15, 0.2) is 0 Å². The molecule has 2 N–H and O–H groups in total. The van der Waals surface area contributed by atoms with E-state index in [1.807, 2.05) is 0 Å². The molecule has 3 aliphatic carbocycles. The molecule has 1 heteroatoms. The molecule has 17 heavy (non-hydrogen) atoms. The predicted octanol–water partition coefficient (Wildman–Crippen LogP) is 4.11. The molecule has 0 amide bonds. The Kier molecular flexibility index (Phi) is 3.23. The molecule has 0 saturated heterocycles. The van der Waals surface area contributed by atoms with E-state index in [2.05, 4.69) is 6.92 Å². The van der Waals surface area contributed by atoms with Gasteiger partial charge < -0.3 is 5.73 Å². The fourth-order valence-corrected chi connectivity index (χ4v) is 4.96. The SMILES string of the molecule is CC1CCCC(N)(CC2CC3CCC2C3)CC1. The second-order valence-electron chi connectivity index (χ2n) is 7.54. The summed E-state index contributed by atoms with van der Waals surface area (Å²) in [6.07, 6.45) is 14.2. The zero-order valence-electron chi connectivity index (χ0n) is 11.5. The van der Waals surface area contributed by atoms with Crippen molar-refractivity contribution >= 4 is 0 Å². The van der Waals surface area contributed by atoms with Crippen molar-refractivity contribution in [3.8, 4) is 0 Å². The van der Waals surface area contributed by atoms with Gasteiger partial charge in [-0.2, -0.15) is 0 Å². The van der Waals surface area contributed by atoms with Crippen LogP contribution < -0.4 is 5.73 Å². The van der Waals surface area contributed by atoms with Crippen molar-refractivity contribution < 1.29 is 0 Å². The van der Waals surface area contributed by atoms with Gasteiger partial charge in [0.15, 0.2) is 0 Å². The lowest BCUT2D eigenvalue weighted by molar-refractivity contribution is 0.222. The summed E-state index contributed by atoms with van der Waals surface area (Å²) in [5, 5.41) is 0. The van der Waals surface area contributed by atoms with E-state index in [0.717, 1.165) is 23.7 Å². The van der Waals surface area contributed by atoms with Crippen LogP contribution in [0.2, 0.25) is 0 Å². The smallest absolute Gasteiger partial charge is 0.0157 e. The Balaban J connectivity index is 1.59. The highest BCUT2D eigenvalue weighted by atomic mass is 14.7. The third kappa shape index (κ3) is 2.54. The van der Waals surface area contributed by atoms with Crippen LogP contribution in [0.25, 0.3) is 0 Å². The molecule has 0 aromatic carbocycles. The van der Waals surface area contributed by atoms with Crippen LogP contribution in [-0.2, 0) is 0 Å². The van der Waals surface area contributed by atoms with E-state index in [0.29, 0.717) is 0 Å². The van der Waals surface area contributed by atoms with Crippen LogP contribution in [0.5, 0.6) is 0 Å². The van der Waals surface area contributed by atoms with Crippen LogP contribution in [-0.4, -0.2) is 5.54 Å². The Morgan fingerprint density at radius 1 is 1.06 bits per heavy atom. The van der Waals surface area contributed by atoms with Gasteiger partial charge in [-0.1, -0.05) is 26.2 Å². The van der Waals surface area contributed by atoms with Gasteiger partial charge in [-0.25, -0.2) is 0 Å². The topological polar surface area (TPSA) is 26.0 Å². The van der Waals surface area contributed by atoms with Crippen molar-refractivity contribution in [1.29, 1.82) is 0 Å². The van der Waals surface area contributed by atoms with Crippen LogP contribution in [0.3, 0.4) is 0 Å². The molecular weight excluding hydrogens is 206 g/mol. The summed E-state index contributed by atoms with van der Waals surface area (Å²) < 4.78 is 0. The van der Waals surface area contributed by atoms with Gasteiger partial charge in [0.25, 0.3) is 0 Å². The second kappa shape index (κ2) is 4.57. The monoisotopic (exact) mass is 235 g/mol. The number of rotatable bonds is 2. The van der Waals surface area contributed by atoms with Gasteiger partial charge >= 0.3 is 0 Å². The molecule has 98 valence electrons. The summed E-state index contributed by atoms with van der Waals surface area (Å²) in [6.45, 7) is 2.41. The van der Waals surface area contributed by atoms with Crippen LogP contribution in [0.4, 0.5) is 0 Å². The molecule has 0 spiro atoms. The summed E-state index contributed by atoms with van der Waals surface area (Å²) in [6, 6.07) is 0. The average molecular weight is 235 g/mol. The third-order valence-electron chi connectivity index (χ3n) is 6.06. The average Bonchev–Trinajstić information content (AvgIpc) is 2.84. The number of hydrogen-bond donors (Lipinski definition) is 1. The van der Waals surface area contributed by atoms with Gasteiger partial charge in [0.1, 0.15) is 0 Å². The summed E-state index contributed by atoms with van der Waals surface area (Å²) in [5.74, 6) is 4.05. The zero-order chi connectivity index (χ0) is 11.9. The Labute approximate surface area is 107 Å². The molecule has 5 unspecified atom stereocenters. The summed E-state index contributed by atoms with van der Waals surface area (Å²) >= 11 is 0. The van der Waals surface area contributed by atoms with E-state index in [1.165, 1.54) is 64.2 Å². The summed E-state index contributed by atoms with van der Waals surface area (Å²) in [5.41, 5.74) is 6.94. The summed E-state index contributed by atoms with van der Waals surface area (Å²) in [4.78, 5) is 0. The minimum Gasteiger partial charge on any atom is -0.325 e. The molecule has 5 atom stereocenters. The van der Waals surface area contributed by atoms with Gasteiger partial charge in [-0.3, -0.25) is 0 Å². The minimum atomic E-state index is 0.208. The summed E-state index contributed by atoms with van der Waals surface area (Å²) in [7, 11) is 0. The van der Waals surface area contributed by atoms with Crippen molar-refractivity contribution in [2.75, 3.05) is 0 Å². The van der Waals surface area contributed by atoms with E-state index in [4.69, 9.17) is 5.73 Å². The first-order chi connectivity index (χ1) is 8.15. The second-order valence-corrected chi connectivity index (χ2v) is 7.54. The van der Waals surface area contributed by atoms with Crippen molar-refractivity contribution in [2.24, 2.45) is 29.4 Å². The lowest BCUT2D eigenvalue weighted by Gasteiger charge is -2.34. The fraction of sp³-hybridized carbons (Fsp3) is 1.00. The van der Waals surface area contributed by atoms with Gasteiger partial charge in [-0.15, -0.1) is 0 Å². The molecule has 3 rings (SSSR count). The van der Waals surface area contributed by atoms with Crippen molar-refractivity contribution in [2.45, 2.75) is 76.7 Å². The molecule has 0 heterocycles. The molecule has 3 fully saturated rings. The molecular formula is C16H29N. The first kappa shape index (κ1) is 12.0. The van der Waals surface area contributed by atoms with Crippen LogP contribution in [0, 0.1) is 23.7 Å². The van der Waals surface area contributed by atoms with Gasteiger partial charge in [-0.05, 0) is 68.6 Å². The molecule has 0 aromatic rings. The highest BCUT2D eigenvalue weighted by molar-refractivity contribution is 4.96. The maximum atomic E-state index is 6.73. The maximum absolute atomic E-state index is 6.73. The third-order valence-corrected chi connectivity index (χ3v) is 6.06. The largest absolute Gasteiger partial charge is 0.325 e. The Hall–Kier alpha value is -0.0400. The molecule has 3 saturated carbocycles. The van der Waals surface area contributed by atoms with E-state index in [-0.39, 0.29) is 5.54 Å². The lowest BCUT2D eigenvalue weighted by atomic mass is 9.76. The van der Waals surface area contributed by atoms with Crippen molar-refractivity contribution in [3.63, 3.8) is 0 Å². The molecule has 0 radical (unpaired) electrons. The van der Waals surface area contributed by atoms with Crippen LogP contribution in [0.1, 0.15) is 71.1 Å². The first-order valence-corrected chi connectivity index (χ1v) is 7.93. The quantitative estimate of drug-likeness (QED) is 0.716. The van der Waals surface area contributed by atoms with Gasteiger partial charge in [0.2, 0.25) is 0 Å². The Morgan fingerprint density at radius 2 is 1.94 bits per heavy atom. The fourth-order valence-electron chi connectivity index (χ4n) is 4.96. The minimum absolute atomic E-state index is 0.208. The highest BCUT2D eigenvalue weighted by Gasteiger charge is 2.42. The highest BCUT2D eigenvalue weighted by Crippen LogP contribution is 2.51. The molecule has 3 aliphatic rings. The van der Waals surface area contributed by atoms with Gasteiger partial charge in [0, 0.05) is 5.54 Å². The van der Waals surface area contributed by atoms with Crippen molar-refractivity contribution in [3.05, 3.63) is 0 Å². The predicted molar refractivity (Wildman–Crippen MR) is 72.7 cm³/mol. The van der Waals surface area contributed by atoms with Gasteiger partial charge in [0.05, 0.1) is 0 Å². The first-order valence-electron chi connectivity index (χ1n) is 7.93. The number of hydrogen-bond acceptors (Lipinski definition) is 1. The normalized spacial score (nSPS) is 50.5. The zero-order valence-corrected chi connectivity index (χ0v) is 11.5. The molecule has 1 nitrogen and oxygen atoms in total. The number of fused-ring (bicyclic) bond motifs is 2. The van der Waals surface area contributed by atoms with E-state index >= 15 is 0 Å². The van der Waals surface area contributed by atoms with E-state index in [9.17, 15) is 0 Å². The lowest BCUT2D eigenvalue weighted by Crippen LogP contribution is -2.42. The Bertz CT molecular complexity index is 275. The van der Waals surface area contributed by atoms with E-state index < -0.39 is 0 Å². The molecule has 2 bridgehead atoms. The molecule has 0 aromatic heterocycles. The standard InChI is InChI=1S/C16H29N/c1-12-3-2-7-16(17,8-6-12)11-15-10-13-4-5-14(15)9-13/h12-15H,2-11,17H2,1H3. The maximum Gasteiger partial charge on any atom is 0.0157 e. The van der Waals surface area contributed by atoms with E-state index in [1.54, 1.807) is 0 Å². The van der Waals surface area contributed by atoms with Crippen molar-refractivity contribution in [1.82, 2.24) is 0 Å².